The molecule has 3 heterocycles. The second-order valence-electron chi connectivity index (χ2n) is 11.5. The maximum absolute atomic E-state index is 12.1. The third kappa shape index (κ3) is 6.41. The fourth-order valence-corrected chi connectivity index (χ4v) is 6.39. The minimum Gasteiger partial charge on any atom is -0.332 e. The van der Waals surface area contributed by atoms with Crippen molar-refractivity contribution in [2.45, 2.75) is 90.3 Å². The normalized spacial score (nSPS) is 29.6. The molecule has 2 saturated heterocycles. The van der Waals surface area contributed by atoms with Crippen LogP contribution in [0.1, 0.15) is 77.7 Å². The van der Waals surface area contributed by atoms with E-state index in [1.807, 2.05) is 13.8 Å². The van der Waals surface area contributed by atoms with E-state index in [9.17, 15) is 4.79 Å². The van der Waals surface area contributed by atoms with Crippen molar-refractivity contribution >= 4 is 11.7 Å². The summed E-state index contributed by atoms with van der Waals surface area (Å²) in [5.41, 5.74) is 1.32. The fourth-order valence-electron chi connectivity index (χ4n) is 6.39. The Balaban J connectivity index is 1.28. The van der Waals surface area contributed by atoms with E-state index >= 15 is 0 Å². The molecule has 3 aliphatic rings. The number of Topliss-reactive ketones (excluding diaryl/α,β-unsaturated/α-hetero) is 1. The number of anilines is 1. The van der Waals surface area contributed by atoms with Crippen molar-refractivity contribution in [3.8, 4) is 0 Å². The number of hydrogen-bond donors (Lipinski definition) is 0. The highest BCUT2D eigenvalue weighted by Gasteiger charge is 2.34. The number of nitrogens with zero attached hydrogens (tertiary/aromatic N) is 6. The highest BCUT2D eigenvalue weighted by molar-refractivity contribution is 5.82. The zero-order valence-corrected chi connectivity index (χ0v) is 22.8. The first-order valence-electron chi connectivity index (χ1n) is 14.2. The second kappa shape index (κ2) is 12.1. The average molecular weight is 485 g/mol. The van der Waals surface area contributed by atoms with Crippen molar-refractivity contribution in [1.82, 2.24) is 24.7 Å². The van der Waals surface area contributed by atoms with Crippen molar-refractivity contribution in [3.63, 3.8) is 0 Å². The van der Waals surface area contributed by atoms with Crippen molar-refractivity contribution in [2.24, 2.45) is 5.92 Å². The first kappa shape index (κ1) is 26.5. The molecule has 0 radical (unpaired) electrons. The molecule has 7 heteroatoms. The maximum atomic E-state index is 12.1. The number of carbonyl (C=O) groups is 1. The molecule has 1 aromatic heterocycles. The van der Waals surface area contributed by atoms with Gasteiger partial charge in [0.2, 0.25) is 5.95 Å². The predicted octanol–water partition coefficient (Wildman–Crippen LogP) is 3.65. The van der Waals surface area contributed by atoms with E-state index in [4.69, 9.17) is 9.97 Å². The Labute approximate surface area is 213 Å². The van der Waals surface area contributed by atoms with E-state index in [0.29, 0.717) is 36.4 Å². The van der Waals surface area contributed by atoms with Gasteiger partial charge in [0.05, 0.1) is 6.54 Å². The van der Waals surface area contributed by atoms with Gasteiger partial charge in [-0.1, -0.05) is 27.7 Å². The van der Waals surface area contributed by atoms with E-state index in [0.717, 1.165) is 58.1 Å². The van der Waals surface area contributed by atoms with E-state index in [1.165, 1.54) is 31.2 Å². The molecule has 2 unspecified atom stereocenters. The Morgan fingerprint density at radius 1 is 0.943 bits per heavy atom. The molecule has 3 fully saturated rings. The molecule has 1 saturated carbocycles. The average Bonchev–Trinajstić information content (AvgIpc) is 2.88. The molecule has 0 amide bonds. The van der Waals surface area contributed by atoms with Crippen LogP contribution in [0.25, 0.3) is 0 Å². The minimum atomic E-state index is 0.143. The largest absolute Gasteiger partial charge is 0.332 e. The van der Waals surface area contributed by atoms with Crippen LogP contribution in [0, 0.1) is 5.92 Å². The molecule has 0 bridgehead atoms. The molecule has 4 rings (SSSR count). The quantitative estimate of drug-likeness (QED) is 0.558. The lowest BCUT2D eigenvalue weighted by Crippen LogP contribution is -2.58. The number of likely N-dealkylation sites (N-methyl/N-ethyl adjacent to an activating group) is 1. The van der Waals surface area contributed by atoms with Crippen LogP contribution in [0.5, 0.6) is 0 Å². The van der Waals surface area contributed by atoms with Gasteiger partial charge in [0.25, 0.3) is 0 Å². The molecule has 0 spiro atoms. The third-order valence-corrected chi connectivity index (χ3v) is 8.78. The van der Waals surface area contributed by atoms with Gasteiger partial charge in [-0.15, -0.1) is 0 Å². The first-order chi connectivity index (χ1) is 16.9. The van der Waals surface area contributed by atoms with Crippen LogP contribution in [-0.4, -0.2) is 101 Å². The van der Waals surface area contributed by atoms with Crippen LogP contribution >= 0.6 is 0 Å². The van der Waals surface area contributed by atoms with Gasteiger partial charge in [-0.2, -0.15) is 0 Å². The molecule has 2 aliphatic heterocycles. The molecule has 1 aliphatic carbocycles. The number of carbonyl (C=O) groups excluding carboxylic acids is 1. The number of rotatable bonds is 8. The summed E-state index contributed by atoms with van der Waals surface area (Å²) < 4.78 is 0. The van der Waals surface area contributed by atoms with Crippen LogP contribution in [0.3, 0.4) is 0 Å². The second-order valence-corrected chi connectivity index (χ2v) is 11.5. The van der Waals surface area contributed by atoms with Gasteiger partial charge in [0, 0.05) is 75.7 Å². The summed E-state index contributed by atoms with van der Waals surface area (Å²) in [6, 6.07) is 1.67. The van der Waals surface area contributed by atoms with Gasteiger partial charge in [0.15, 0.2) is 0 Å². The third-order valence-electron chi connectivity index (χ3n) is 8.78. The SMILES string of the molecule is CCC1CN(C)CC(CC)N1c1ncc([C@H]2CC[C@@H](N3CCN(CC(=O)C(C)C)CC3)CC2)cn1. The minimum absolute atomic E-state index is 0.143. The summed E-state index contributed by atoms with van der Waals surface area (Å²) in [5.74, 6) is 2.02. The van der Waals surface area contributed by atoms with E-state index in [1.54, 1.807) is 0 Å². The number of piperazine rings is 2. The maximum Gasteiger partial charge on any atom is 0.225 e. The van der Waals surface area contributed by atoms with Gasteiger partial charge in [0.1, 0.15) is 5.78 Å². The van der Waals surface area contributed by atoms with Gasteiger partial charge < -0.3 is 9.80 Å². The number of aromatic nitrogens is 2. The monoisotopic (exact) mass is 484 g/mol. The highest BCUT2D eigenvalue weighted by Crippen LogP contribution is 2.35. The Kier molecular flexibility index (Phi) is 9.17. The van der Waals surface area contributed by atoms with Crippen molar-refractivity contribution in [2.75, 3.05) is 57.8 Å². The van der Waals surface area contributed by atoms with Crippen LogP contribution in [-0.2, 0) is 4.79 Å². The zero-order chi connectivity index (χ0) is 24.9. The summed E-state index contributed by atoms with van der Waals surface area (Å²) in [6.45, 7) is 15.6. The lowest BCUT2D eigenvalue weighted by molar-refractivity contribution is -0.123. The van der Waals surface area contributed by atoms with Gasteiger partial charge in [-0.3, -0.25) is 14.6 Å². The van der Waals surface area contributed by atoms with Crippen LogP contribution in [0.4, 0.5) is 5.95 Å². The highest BCUT2D eigenvalue weighted by atomic mass is 16.1. The van der Waals surface area contributed by atoms with Crippen LogP contribution in [0.2, 0.25) is 0 Å². The molecule has 0 N–H and O–H groups in total. The molecule has 7 nitrogen and oxygen atoms in total. The molecule has 0 aromatic carbocycles. The Bertz CT molecular complexity index is 784. The van der Waals surface area contributed by atoms with Crippen molar-refractivity contribution in [1.29, 1.82) is 0 Å². The molecule has 1 aromatic rings. The number of hydrogen-bond acceptors (Lipinski definition) is 7. The van der Waals surface area contributed by atoms with Gasteiger partial charge >= 0.3 is 0 Å². The smallest absolute Gasteiger partial charge is 0.225 e. The van der Waals surface area contributed by atoms with Crippen LogP contribution < -0.4 is 4.90 Å². The molecular formula is C28H48N6O. The van der Waals surface area contributed by atoms with E-state index in [2.05, 4.69) is 52.9 Å². The lowest BCUT2D eigenvalue weighted by atomic mass is 9.82. The topological polar surface area (TPSA) is 55.8 Å². The molecule has 2 atom stereocenters. The van der Waals surface area contributed by atoms with Crippen molar-refractivity contribution < 1.29 is 4.79 Å². The van der Waals surface area contributed by atoms with E-state index < -0.39 is 0 Å². The Morgan fingerprint density at radius 2 is 1.51 bits per heavy atom. The van der Waals surface area contributed by atoms with Crippen LogP contribution in [0.15, 0.2) is 12.4 Å². The summed E-state index contributed by atoms with van der Waals surface area (Å²) >= 11 is 0. The summed E-state index contributed by atoms with van der Waals surface area (Å²) in [7, 11) is 2.23. The summed E-state index contributed by atoms with van der Waals surface area (Å²) in [4.78, 5) is 31.9. The first-order valence-corrected chi connectivity index (χ1v) is 14.2. The van der Waals surface area contributed by atoms with Gasteiger partial charge in [-0.05, 0) is 57.1 Å². The zero-order valence-electron chi connectivity index (χ0n) is 22.8. The lowest BCUT2D eigenvalue weighted by Gasteiger charge is -2.45. The summed E-state index contributed by atoms with van der Waals surface area (Å²) in [5, 5.41) is 0. The predicted molar refractivity (Wildman–Crippen MR) is 143 cm³/mol. The Hall–Kier alpha value is -1.57. The molecular weight excluding hydrogens is 436 g/mol. The Morgan fingerprint density at radius 3 is 2.03 bits per heavy atom. The number of ketones is 1. The van der Waals surface area contributed by atoms with Crippen molar-refractivity contribution in [3.05, 3.63) is 18.0 Å². The molecule has 35 heavy (non-hydrogen) atoms. The van der Waals surface area contributed by atoms with E-state index in [-0.39, 0.29) is 5.92 Å². The molecule has 196 valence electrons. The fraction of sp³-hybridized carbons (Fsp3) is 0.821. The standard InChI is InChI=1S/C28H48N6O/c1-6-24-18-31(5)19-25(7-2)34(24)28-29-16-23(17-30-28)22-8-10-26(11-9-22)33-14-12-32(13-15-33)20-27(35)21(3)4/h16-17,21-22,24-26H,6-15,18-20H2,1-5H3/t22-,24?,25?,26+. The summed E-state index contributed by atoms with van der Waals surface area (Å²) in [6.07, 6.45) is 11.4. The van der Waals surface area contributed by atoms with Gasteiger partial charge in [-0.25, -0.2) is 9.97 Å².